The summed E-state index contributed by atoms with van der Waals surface area (Å²) in [6, 6.07) is 6.35. The number of amides is 2. The molecule has 2 heterocycles. The second kappa shape index (κ2) is 8.50. The molecule has 2 N–H and O–H groups in total. The number of nitrogens with zero attached hydrogens (tertiary/aromatic N) is 1. The molecule has 0 fully saturated rings. The average Bonchev–Trinajstić information content (AvgIpc) is 3.10. The van der Waals surface area contributed by atoms with Crippen LogP contribution in [0.1, 0.15) is 27.2 Å². The van der Waals surface area contributed by atoms with E-state index < -0.39 is 15.9 Å². The van der Waals surface area contributed by atoms with E-state index in [1.165, 1.54) is 28.6 Å². The molecule has 3 rings (SSSR count). The number of fused-ring (bicyclic) bond motifs is 1. The number of anilines is 1. The summed E-state index contributed by atoms with van der Waals surface area (Å²) in [5.74, 6) is -0.410. The fraction of sp³-hybridized carbons (Fsp3) is 0.333. The Labute approximate surface area is 172 Å². The van der Waals surface area contributed by atoms with Crippen LogP contribution in [0.25, 0.3) is 0 Å². The number of hydrogen-bond acceptors (Lipinski definition) is 5. The van der Waals surface area contributed by atoms with Crippen LogP contribution >= 0.6 is 22.9 Å². The van der Waals surface area contributed by atoms with Crippen molar-refractivity contribution in [1.29, 1.82) is 0 Å². The highest BCUT2D eigenvalue weighted by molar-refractivity contribution is 7.92. The lowest BCUT2D eigenvalue weighted by Gasteiger charge is -2.27. The number of sulfonamides is 1. The van der Waals surface area contributed by atoms with Gasteiger partial charge in [0.2, 0.25) is 15.9 Å². The molecule has 1 aromatic heterocycles. The first kappa shape index (κ1) is 20.6. The first-order valence-corrected chi connectivity index (χ1v) is 11.8. The van der Waals surface area contributed by atoms with Gasteiger partial charge in [0.15, 0.2) is 0 Å². The molecule has 28 heavy (non-hydrogen) atoms. The van der Waals surface area contributed by atoms with Gasteiger partial charge in [0.1, 0.15) is 0 Å². The number of rotatable bonds is 6. The van der Waals surface area contributed by atoms with E-state index in [4.69, 9.17) is 11.6 Å². The molecule has 1 aromatic carbocycles. The molecule has 2 aromatic rings. The fourth-order valence-electron chi connectivity index (χ4n) is 2.95. The van der Waals surface area contributed by atoms with Crippen LogP contribution in [0.4, 0.5) is 5.69 Å². The molecule has 0 aliphatic carbocycles. The van der Waals surface area contributed by atoms with Crippen LogP contribution in [-0.4, -0.2) is 44.5 Å². The summed E-state index contributed by atoms with van der Waals surface area (Å²) in [6.07, 6.45) is 2.07. The summed E-state index contributed by atoms with van der Waals surface area (Å²) < 4.78 is 25.0. The van der Waals surface area contributed by atoms with E-state index in [9.17, 15) is 18.0 Å². The average molecular weight is 442 g/mol. The Morgan fingerprint density at radius 2 is 2.07 bits per heavy atom. The minimum absolute atomic E-state index is 0.00677. The van der Waals surface area contributed by atoms with Crippen LogP contribution in [-0.2, 0) is 27.8 Å². The predicted molar refractivity (Wildman–Crippen MR) is 110 cm³/mol. The third-order valence-corrected chi connectivity index (χ3v) is 6.25. The topological polar surface area (TPSA) is 95.6 Å². The molecule has 10 heteroatoms. The number of thiophene rings is 1. The second-order valence-corrected chi connectivity index (χ2v) is 9.67. The zero-order valence-corrected chi connectivity index (χ0v) is 17.6. The first-order chi connectivity index (χ1) is 13.2. The predicted octanol–water partition coefficient (Wildman–Crippen LogP) is 2.48. The lowest BCUT2D eigenvalue weighted by atomic mass is 10.1. The SMILES string of the molecule is CS(=O)(=O)Nc1cc(C(=O)NCCC(=O)N2CCc3sccc3C2)ccc1Cl. The van der Waals surface area contributed by atoms with Gasteiger partial charge in [-0.3, -0.25) is 14.3 Å². The maximum Gasteiger partial charge on any atom is 0.251 e. The maximum absolute atomic E-state index is 12.4. The number of hydrogen-bond donors (Lipinski definition) is 2. The Morgan fingerprint density at radius 3 is 2.82 bits per heavy atom. The third-order valence-electron chi connectivity index (χ3n) is 4.31. The maximum atomic E-state index is 12.4. The van der Waals surface area contributed by atoms with E-state index in [0.29, 0.717) is 13.1 Å². The summed E-state index contributed by atoms with van der Waals surface area (Å²) in [5, 5.41) is 4.92. The highest BCUT2D eigenvalue weighted by atomic mass is 35.5. The van der Waals surface area contributed by atoms with Crippen LogP contribution in [0.2, 0.25) is 5.02 Å². The standard InChI is InChI=1S/C18H20ClN3O4S2/c1-28(25,26)21-15-10-12(2-3-14(15)19)18(24)20-7-4-17(23)22-8-5-16-13(11-22)6-9-27-16/h2-3,6,9-10,21H,4-5,7-8,11H2,1H3,(H,20,24). The van der Waals surface area contributed by atoms with Gasteiger partial charge < -0.3 is 10.2 Å². The molecule has 0 atom stereocenters. The quantitative estimate of drug-likeness (QED) is 0.719. The highest BCUT2D eigenvalue weighted by Crippen LogP contribution is 2.25. The molecule has 0 unspecified atom stereocenters. The largest absolute Gasteiger partial charge is 0.352 e. The number of carbonyl (C=O) groups is 2. The van der Waals surface area contributed by atoms with E-state index in [1.807, 2.05) is 11.4 Å². The van der Waals surface area contributed by atoms with Gasteiger partial charge in [0, 0.05) is 36.5 Å². The number of nitrogens with one attached hydrogen (secondary N) is 2. The van der Waals surface area contributed by atoms with Crippen molar-refractivity contribution >= 4 is 50.5 Å². The molecule has 150 valence electrons. The molecule has 2 amide bonds. The molecular formula is C18H20ClN3O4S2. The smallest absolute Gasteiger partial charge is 0.251 e. The molecule has 7 nitrogen and oxygen atoms in total. The normalized spacial score (nSPS) is 13.7. The molecule has 1 aliphatic rings. The van der Waals surface area contributed by atoms with Crippen LogP contribution in [0, 0.1) is 0 Å². The summed E-state index contributed by atoms with van der Waals surface area (Å²) in [4.78, 5) is 27.8. The van der Waals surface area contributed by atoms with Crippen molar-refractivity contribution < 1.29 is 18.0 Å². The minimum Gasteiger partial charge on any atom is -0.352 e. The molecule has 1 aliphatic heterocycles. The van der Waals surface area contributed by atoms with Crippen molar-refractivity contribution in [2.75, 3.05) is 24.1 Å². The van der Waals surface area contributed by atoms with Crippen LogP contribution < -0.4 is 10.0 Å². The Hall–Kier alpha value is -2.10. The summed E-state index contributed by atoms with van der Waals surface area (Å²) in [5.41, 5.74) is 1.58. The van der Waals surface area contributed by atoms with E-state index in [0.717, 1.165) is 12.7 Å². The fourth-order valence-corrected chi connectivity index (χ4v) is 4.63. The molecule has 0 radical (unpaired) electrons. The van der Waals surface area contributed by atoms with Crippen molar-refractivity contribution in [2.24, 2.45) is 0 Å². The van der Waals surface area contributed by atoms with Gasteiger partial charge in [-0.05, 0) is 41.6 Å². The summed E-state index contributed by atoms with van der Waals surface area (Å²) >= 11 is 7.68. The number of carbonyl (C=O) groups excluding carboxylic acids is 2. The van der Waals surface area contributed by atoms with Gasteiger partial charge in [0.05, 0.1) is 17.0 Å². The van der Waals surface area contributed by atoms with Gasteiger partial charge in [-0.15, -0.1) is 11.3 Å². The lowest BCUT2D eigenvalue weighted by Crippen LogP contribution is -2.37. The first-order valence-electron chi connectivity index (χ1n) is 8.61. The number of benzene rings is 1. The third kappa shape index (κ3) is 5.24. The van der Waals surface area contributed by atoms with Gasteiger partial charge in [-0.1, -0.05) is 11.6 Å². The van der Waals surface area contributed by atoms with Crippen molar-refractivity contribution in [3.8, 4) is 0 Å². The van der Waals surface area contributed by atoms with E-state index in [2.05, 4.69) is 10.0 Å². The minimum atomic E-state index is -3.52. The van der Waals surface area contributed by atoms with Gasteiger partial charge in [-0.2, -0.15) is 0 Å². The van der Waals surface area contributed by atoms with Gasteiger partial charge in [0.25, 0.3) is 5.91 Å². The zero-order chi connectivity index (χ0) is 20.3. The van der Waals surface area contributed by atoms with Crippen molar-refractivity contribution in [2.45, 2.75) is 19.4 Å². The van der Waals surface area contributed by atoms with Crippen molar-refractivity contribution in [1.82, 2.24) is 10.2 Å². The van der Waals surface area contributed by atoms with Crippen LogP contribution in [0.5, 0.6) is 0 Å². The van der Waals surface area contributed by atoms with Gasteiger partial charge in [-0.25, -0.2) is 8.42 Å². The highest BCUT2D eigenvalue weighted by Gasteiger charge is 2.21. The Balaban J connectivity index is 1.53. The monoisotopic (exact) mass is 441 g/mol. The summed E-state index contributed by atoms with van der Waals surface area (Å²) in [6.45, 7) is 1.50. The van der Waals surface area contributed by atoms with Crippen molar-refractivity contribution in [3.63, 3.8) is 0 Å². The van der Waals surface area contributed by atoms with E-state index in [1.54, 1.807) is 16.2 Å². The zero-order valence-electron chi connectivity index (χ0n) is 15.2. The molecule has 0 saturated carbocycles. The Morgan fingerprint density at radius 1 is 1.29 bits per heavy atom. The second-order valence-electron chi connectivity index (χ2n) is 6.51. The molecule has 0 bridgehead atoms. The molecular weight excluding hydrogens is 422 g/mol. The summed E-state index contributed by atoms with van der Waals surface area (Å²) in [7, 11) is -3.52. The molecule has 0 saturated heterocycles. The lowest BCUT2D eigenvalue weighted by molar-refractivity contribution is -0.131. The number of halogens is 1. The van der Waals surface area contributed by atoms with Gasteiger partial charge >= 0.3 is 0 Å². The Bertz CT molecular complexity index is 1000. The van der Waals surface area contributed by atoms with E-state index in [-0.39, 0.29) is 35.1 Å². The molecule has 0 spiro atoms. The van der Waals surface area contributed by atoms with Crippen LogP contribution in [0.3, 0.4) is 0 Å². The Kier molecular flexibility index (Phi) is 6.26. The van der Waals surface area contributed by atoms with Crippen LogP contribution in [0.15, 0.2) is 29.6 Å². The van der Waals surface area contributed by atoms with E-state index >= 15 is 0 Å². The van der Waals surface area contributed by atoms with Crippen molar-refractivity contribution in [3.05, 3.63) is 50.7 Å².